The average Bonchev–Trinajstić information content (AvgIpc) is 2.55. The maximum Gasteiger partial charge on any atom is 0.191 e. The van der Waals surface area contributed by atoms with E-state index >= 15 is 0 Å². The number of hydrogen-bond acceptors (Lipinski definition) is 2. The minimum Gasteiger partial charge on any atom is -0.380 e. The zero-order chi connectivity index (χ0) is 15.6. The Labute approximate surface area is 134 Å². The number of aliphatic imine (C=N–C) groups is 1. The highest BCUT2D eigenvalue weighted by Gasteiger charge is 2.14. The van der Waals surface area contributed by atoms with E-state index < -0.39 is 0 Å². The summed E-state index contributed by atoms with van der Waals surface area (Å²) in [6.07, 6.45) is 6.53. The Morgan fingerprint density at radius 1 is 1.18 bits per heavy atom. The number of guanidine groups is 1. The summed E-state index contributed by atoms with van der Waals surface area (Å²) in [7, 11) is 1.73. The van der Waals surface area contributed by atoms with Gasteiger partial charge in [0.2, 0.25) is 0 Å². The fourth-order valence-electron chi connectivity index (χ4n) is 2.93. The van der Waals surface area contributed by atoms with Gasteiger partial charge in [0.25, 0.3) is 0 Å². The number of hydrogen-bond donors (Lipinski definition) is 2. The van der Waals surface area contributed by atoms with Gasteiger partial charge in [-0.2, -0.15) is 0 Å². The molecule has 0 heterocycles. The smallest absolute Gasteiger partial charge is 0.191 e. The molecular weight excluding hydrogens is 274 g/mol. The van der Waals surface area contributed by atoms with Crippen molar-refractivity contribution in [1.82, 2.24) is 10.6 Å². The van der Waals surface area contributed by atoms with E-state index in [1.807, 2.05) is 6.07 Å². The highest BCUT2D eigenvalue weighted by molar-refractivity contribution is 5.80. The van der Waals surface area contributed by atoms with Crippen LogP contribution in [0.1, 0.15) is 50.2 Å². The normalized spacial score (nSPS) is 16.5. The molecule has 2 rings (SSSR count). The molecular formula is C18H29N3O. The van der Waals surface area contributed by atoms with E-state index in [9.17, 15) is 0 Å². The summed E-state index contributed by atoms with van der Waals surface area (Å²) in [4.78, 5) is 4.76. The Morgan fingerprint density at radius 3 is 2.59 bits per heavy atom. The van der Waals surface area contributed by atoms with Crippen LogP contribution in [0, 0.1) is 0 Å². The van der Waals surface area contributed by atoms with Crippen molar-refractivity contribution in [1.29, 1.82) is 0 Å². The lowest BCUT2D eigenvalue weighted by molar-refractivity contribution is 0.184. The molecule has 0 bridgehead atoms. The third-order valence-corrected chi connectivity index (χ3v) is 4.12. The molecule has 0 unspecified atom stereocenters. The van der Waals surface area contributed by atoms with E-state index in [1.165, 1.54) is 43.2 Å². The fourth-order valence-corrected chi connectivity index (χ4v) is 2.93. The van der Waals surface area contributed by atoms with Crippen LogP contribution in [-0.2, 0) is 17.9 Å². The van der Waals surface area contributed by atoms with Crippen LogP contribution >= 0.6 is 0 Å². The average molecular weight is 303 g/mol. The summed E-state index contributed by atoms with van der Waals surface area (Å²) in [5.74, 6) is 0.932. The lowest BCUT2D eigenvalue weighted by Crippen LogP contribution is -2.44. The molecule has 4 nitrogen and oxygen atoms in total. The molecule has 1 aromatic carbocycles. The number of rotatable bonds is 6. The molecule has 2 N–H and O–H groups in total. The van der Waals surface area contributed by atoms with Crippen molar-refractivity contribution < 1.29 is 4.74 Å². The zero-order valence-corrected chi connectivity index (χ0v) is 13.9. The Kier molecular flexibility index (Phi) is 7.23. The largest absolute Gasteiger partial charge is 0.380 e. The standard InChI is InChI=1S/C18H29N3O/c1-3-19-18(21-17-11-5-4-6-12-17)20-13-15-9-7-8-10-16(15)14-22-2/h7-10,17H,3-6,11-14H2,1-2H3,(H2,19,20,21). The first kappa shape index (κ1) is 16.8. The van der Waals surface area contributed by atoms with Gasteiger partial charge in [-0.05, 0) is 30.9 Å². The van der Waals surface area contributed by atoms with Crippen LogP contribution in [0.2, 0.25) is 0 Å². The van der Waals surface area contributed by atoms with Crippen molar-refractivity contribution in [2.75, 3.05) is 13.7 Å². The summed E-state index contributed by atoms with van der Waals surface area (Å²) in [6.45, 7) is 4.31. The Bertz CT molecular complexity index is 467. The second-order valence-electron chi connectivity index (χ2n) is 5.88. The molecule has 4 heteroatoms. The fraction of sp³-hybridized carbons (Fsp3) is 0.611. The highest BCUT2D eigenvalue weighted by Crippen LogP contribution is 2.17. The van der Waals surface area contributed by atoms with Gasteiger partial charge in [-0.3, -0.25) is 0 Å². The minimum absolute atomic E-state index is 0.570. The zero-order valence-electron chi connectivity index (χ0n) is 13.9. The first-order valence-corrected chi connectivity index (χ1v) is 8.44. The van der Waals surface area contributed by atoms with Crippen LogP contribution in [0.15, 0.2) is 29.3 Å². The molecule has 0 amide bonds. The molecule has 0 radical (unpaired) electrons. The first-order chi connectivity index (χ1) is 10.8. The number of ether oxygens (including phenoxy) is 1. The van der Waals surface area contributed by atoms with Gasteiger partial charge in [0.05, 0.1) is 13.2 Å². The van der Waals surface area contributed by atoms with Crippen molar-refractivity contribution in [3.8, 4) is 0 Å². The molecule has 1 aliphatic rings. The summed E-state index contributed by atoms with van der Waals surface area (Å²) in [6, 6.07) is 8.91. The highest BCUT2D eigenvalue weighted by atomic mass is 16.5. The molecule has 22 heavy (non-hydrogen) atoms. The molecule has 1 saturated carbocycles. The molecule has 0 saturated heterocycles. The molecule has 0 atom stereocenters. The Hall–Kier alpha value is -1.55. The van der Waals surface area contributed by atoms with E-state index in [0.29, 0.717) is 19.2 Å². The van der Waals surface area contributed by atoms with E-state index in [-0.39, 0.29) is 0 Å². The SMILES string of the molecule is CCNC(=NCc1ccccc1COC)NC1CCCCC1. The van der Waals surface area contributed by atoms with E-state index in [2.05, 4.69) is 35.8 Å². The third-order valence-electron chi connectivity index (χ3n) is 4.12. The molecule has 1 aliphatic carbocycles. The monoisotopic (exact) mass is 303 g/mol. The number of nitrogens with zero attached hydrogens (tertiary/aromatic N) is 1. The van der Waals surface area contributed by atoms with Gasteiger partial charge < -0.3 is 15.4 Å². The molecule has 122 valence electrons. The molecule has 0 aliphatic heterocycles. The summed E-state index contributed by atoms with van der Waals surface area (Å²) in [5.41, 5.74) is 2.44. The van der Waals surface area contributed by atoms with Crippen LogP contribution < -0.4 is 10.6 Å². The van der Waals surface area contributed by atoms with Gasteiger partial charge in [0.15, 0.2) is 5.96 Å². The number of nitrogens with one attached hydrogen (secondary N) is 2. The maximum atomic E-state index is 5.26. The second kappa shape index (κ2) is 9.46. The van der Waals surface area contributed by atoms with E-state index in [0.717, 1.165) is 12.5 Å². The van der Waals surface area contributed by atoms with Gasteiger partial charge >= 0.3 is 0 Å². The molecule has 1 aromatic rings. The van der Waals surface area contributed by atoms with Crippen molar-refractivity contribution in [2.45, 2.75) is 58.2 Å². The van der Waals surface area contributed by atoms with Crippen molar-refractivity contribution in [3.63, 3.8) is 0 Å². The lowest BCUT2D eigenvalue weighted by atomic mass is 9.96. The number of benzene rings is 1. The molecule has 1 fully saturated rings. The predicted molar refractivity (Wildman–Crippen MR) is 92.0 cm³/mol. The molecule has 0 aromatic heterocycles. The topological polar surface area (TPSA) is 45.7 Å². The van der Waals surface area contributed by atoms with E-state index in [4.69, 9.17) is 9.73 Å². The van der Waals surface area contributed by atoms with Gasteiger partial charge in [-0.1, -0.05) is 43.5 Å². The van der Waals surface area contributed by atoms with Crippen LogP contribution in [0.25, 0.3) is 0 Å². The third kappa shape index (κ3) is 5.34. The van der Waals surface area contributed by atoms with Crippen LogP contribution in [-0.4, -0.2) is 25.7 Å². The van der Waals surface area contributed by atoms with E-state index in [1.54, 1.807) is 7.11 Å². The van der Waals surface area contributed by atoms with Crippen molar-refractivity contribution in [2.24, 2.45) is 4.99 Å². The maximum absolute atomic E-state index is 5.26. The summed E-state index contributed by atoms with van der Waals surface area (Å²) >= 11 is 0. The quantitative estimate of drug-likeness (QED) is 0.626. The molecule has 0 spiro atoms. The second-order valence-corrected chi connectivity index (χ2v) is 5.88. The summed E-state index contributed by atoms with van der Waals surface area (Å²) in [5, 5.41) is 6.95. The van der Waals surface area contributed by atoms with Crippen molar-refractivity contribution in [3.05, 3.63) is 35.4 Å². The predicted octanol–water partition coefficient (Wildman–Crippen LogP) is 3.22. The minimum atomic E-state index is 0.570. The van der Waals surface area contributed by atoms with Crippen LogP contribution in [0.5, 0.6) is 0 Å². The van der Waals surface area contributed by atoms with Gasteiger partial charge in [0.1, 0.15) is 0 Å². The van der Waals surface area contributed by atoms with Crippen LogP contribution in [0.3, 0.4) is 0 Å². The van der Waals surface area contributed by atoms with Gasteiger partial charge in [0, 0.05) is 19.7 Å². The first-order valence-electron chi connectivity index (χ1n) is 8.44. The summed E-state index contributed by atoms with van der Waals surface area (Å²) < 4.78 is 5.26. The van der Waals surface area contributed by atoms with Gasteiger partial charge in [-0.25, -0.2) is 4.99 Å². The van der Waals surface area contributed by atoms with Crippen LogP contribution in [0.4, 0.5) is 0 Å². The lowest BCUT2D eigenvalue weighted by Gasteiger charge is -2.25. The Morgan fingerprint density at radius 2 is 1.91 bits per heavy atom. The number of methoxy groups -OCH3 is 1. The Balaban J connectivity index is 1.99. The van der Waals surface area contributed by atoms with Crippen molar-refractivity contribution >= 4 is 5.96 Å². The van der Waals surface area contributed by atoms with Gasteiger partial charge in [-0.15, -0.1) is 0 Å².